The summed E-state index contributed by atoms with van der Waals surface area (Å²) in [7, 11) is 1.66. The highest BCUT2D eigenvalue weighted by atomic mass is 127. The average Bonchev–Trinajstić information content (AvgIpc) is 3.13. The molecule has 10 nitrogen and oxygen atoms in total. The third-order valence-electron chi connectivity index (χ3n) is 5.63. The third kappa shape index (κ3) is 8.58. The molecule has 2 aliphatic heterocycles. The number of aromatic nitrogens is 3. The fourth-order valence-corrected chi connectivity index (χ4v) is 4.03. The molecule has 1 atom stereocenters. The highest BCUT2D eigenvalue weighted by Crippen LogP contribution is 2.20. The molecule has 33 heavy (non-hydrogen) atoms. The van der Waals surface area contributed by atoms with Crippen LogP contribution in [0.3, 0.4) is 0 Å². The molecule has 11 heteroatoms. The summed E-state index contributed by atoms with van der Waals surface area (Å²) in [6.07, 6.45) is 3.54. The van der Waals surface area contributed by atoms with E-state index < -0.39 is 5.60 Å². The summed E-state index contributed by atoms with van der Waals surface area (Å²) in [4.78, 5) is 23.5. The van der Waals surface area contributed by atoms with Crippen LogP contribution < -0.4 is 10.6 Å². The van der Waals surface area contributed by atoms with Crippen LogP contribution in [0.4, 0.5) is 4.79 Å². The zero-order chi connectivity index (χ0) is 23.1. The molecule has 3 heterocycles. The van der Waals surface area contributed by atoms with Crippen molar-refractivity contribution in [3.8, 4) is 0 Å². The first-order chi connectivity index (χ1) is 15.3. The number of piperidine rings is 1. The van der Waals surface area contributed by atoms with Crippen molar-refractivity contribution in [1.82, 2.24) is 30.3 Å². The highest BCUT2D eigenvalue weighted by molar-refractivity contribution is 14.0. The highest BCUT2D eigenvalue weighted by Gasteiger charge is 2.27. The number of carbonyl (C=O) groups excluding carboxylic acids is 1. The molecule has 188 valence electrons. The first-order valence-electron chi connectivity index (χ1n) is 11.7. The van der Waals surface area contributed by atoms with Gasteiger partial charge in [0, 0.05) is 45.8 Å². The van der Waals surface area contributed by atoms with Crippen LogP contribution in [0, 0.1) is 5.92 Å². The molecule has 0 aromatic carbocycles. The second-order valence-corrected chi connectivity index (χ2v) is 9.57. The molecule has 1 fully saturated rings. The minimum Gasteiger partial charge on any atom is -0.444 e. The number of hydrogen-bond donors (Lipinski definition) is 2. The Balaban J connectivity index is 0.00000385. The number of halogens is 1. The molecule has 1 amide bonds. The van der Waals surface area contributed by atoms with E-state index >= 15 is 0 Å². The van der Waals surface area contributed by atoms with Gasteiger partial charge in [-0.25, -0.2) is 14.5 Å². The number of fused-ring (bicyclic) bond motifs is 1. The number of carbonyl (C=O) groups is 1. The zero-order valence-corrected chi connectivity index (χ0v) is 22.9. The number of aliphatic imine (C=N–C) groups is 1. The molecule has 2 aliphatic rings. The van der Waals surface area contributed by atoms with Crippen molar-refractivity contribution >= 4 is 36.0 Å². The second-order valence-electron chi connectivity index (χ2n) is 9.57. The van der Waals surface area contributed by atoms with Crippen molar-refractivity contribution in [1.29, 1.82) is 0 Å². The first kappa shape index (κ1) is 27.6. The van der Waals surface area contributed by atoms with Crippen molar-refractivity contribution in [2.75, 3.05) is 33.3 Å². The monoisotopic (exact) mass is 577 g/mol. The molecule has 0 radical (unpaired) electrons. The van der Waals surface area contributed by atoms with Gasteiger partial charge in [0.05, 0.1) is 6.54 Å². The van der Waals surface area contributed by atoms with Crippen LogP contribution in [0.1, 0.15) is 58.6 Å². The Morgan fingerprint density at radius 2 is 1.97 bits per heavy atom. The van der Waals surface area contributed by atoms with E-state index in [0.717, 1.165) is 76.0 Å². The number of nitrogens with one attached hydrogen (secondary N) is 2. The number of hydrogen-bond acceptors (Lipinski definition) is 6. The molecule has 1 aromatic heterocycles. The van der Waals surface area contributed by atoms with Gasteiger partial charge in [0.1, 0.15) is 18.0 Å². The van der Waals surface area contributed by atoms with E-state index in [1.54, 1.807) is 7.11 Å². The summed E-state index contributed by atoms with van der Waals surface area (Å²) in [5.74, 6) is 3.07. The molecule has 0 aliphatic carbocycles. The van der Waals surface area contributed by atoms with Gasteiger partial charge >= 0.3 is 6.09 Å². The molecular formula is C22H40IN7O3. The summed E-state index contributed by atoms with van der Waals surface area (Å²) in [6, 6.07) is 0.256. The van der Waals surface area contributed by atoms with Gasteiger partial charge in [-0.1, -0.05) is 0 Å². The van der Waals surface area contributed by atoms with E-state index in [9.17, 15) is 4.79 Å². The minimum absolute atomic E-state index is 0. The Labute approximate surface area is 214 Å². The van der Waals surface area contributed by atoms with Gasteiger partial charge in [-0.3, -0.25) is 4.99 Å². The SMILES string of the molecule is CCNC(=NCC1CCN(C(=O)OC(C)(C)C)CC1)NC1CCc2nc(COC)nn2C1.I. The fourth-order valence-electron chi connectivity index (χ4n) is 4.03. The molecule has 0 saturated carbocycles. The maximum absolute atomic E-state index is 12.3. The van der Waals surface area contributed by atoms with Crippen molar-refractivity contribution in [2.24, 2.45) is 10.9 Å². The summed E-state index contributed by atoms with van der Waals surface area (Å²) >= 11 is 0. The van der Waals surface area contributed by atoms with Crippen LogP contribution in [0.25, 0.3) is 0 Å². The van der Waals surface area contributed by atoms with E-state index in [2.05, 4.69) is 27.6 Å². The molecule has 0 bridgehead atoms. The van der Waals surface area contributed by atoms with Gasteiger partial charge < -0.3 is 25.0 Å². The normalized spacial score (nSPS) is 19.5. The van der Waals surface area contributed by atoms with Gasteiger partial charge in [-0.15, -0.1) is 24.0 Å². The molecule has 0 spiro atoms. The van der Waals surface area contributed by atoms with Crippen molar-refractivity contribution in [3.05, 3.63) is 11.6 Å². The number of ether oxygens (including phenoxy) is 2. The lowest BCUT2D eigenvalue weighted by Crippen LogP contribution is -2.47. The van der Waals surface area contributed by atoms with Gasteiger partial charge in [-0.2, -0.15) is 5.10 Å². The number of rotatable bonds is 6. The van der Waals surface area contributed by atoms with Crippen molar-refractivity contribution in [3.63, 3.8) is 0 Å². The van der Waals surface area contributed by atoms with Crippen molar-refractivity contribution in [2.45, 2.75) is 78.2 Å². The van der Waals surface area contributed by atoms with E-state index in [0.29, 0.717) is 12.5 Å². The number of likely N-dealkylation sites (tertiary alicyclic amines) is 1. The predicted octanol–water partition coefficient (Wildman–Crippen LogP) is 2.56. The molecule has 3 rings (SSSR count). The average molecular weight is 578 g/mol. The van der Waals surface area contributed by atoms with Crippen LogP contribution in [0.2, 0.25) is 0 Å². The maximum atomic E-state index is 12.3. The topological polar surface area (TPSA) is 106 Å². The minimum atomic E-state index is -0.456. The van der Waals surface area contributed by atoms with Gasteiger partial charge in [-0.05, 0) is 52.9 Å². The van der Waals surface area contributed by atoms with E-state index in [1.807, 2.05) is 30.4 Å². The summed E-state index contributed by atoms with van der Waals surface area (Å²) in [6.45, 7) is 12.0. The van der Waals surface area contributed by atoms with Crippen LogP contribution in [-0.2, 0) is 29.0 Å². The quantitative estimate of drug-likeness (QED) is 0.304. The largest absolute Gasteiger partial charge is 0.444 e. The lowest BCUT2D eigenvalue weighted by Gasteiger charge is -2.33. The number of amides is 1. The predicted molar refractivity (Wildman–Crippen MR) is 138 cm³/mol. The number of guanidine groups is 1. The first-order valence-corrected chi connectivity index (χ1v) is 11.7. The number of methoxy groups -OCH3 is 1. The van der Waals surface area contributed by atoms with Gasteiger partial charge in [0.2, 0.25) is 0 Å². The Kier molecular flexibility index (Phi) is 10.6. The standard InChI is InChI=1S/C22H39N7O3.HI/c1-6-23-20(25-17-7-8-19-26-18(15-31-5)27-29(19)14-17)24-13-16-9-11-28(12-10-16)21(30)32-22(2,3)4;/h16-17H,6-15H2,1-5H3,(H2,23,24,25);1H. The smallest absolute Gasteiger partial charge is 0.410 e. The molecule has 2 N–H and O–H groups in total. The molecule has 1 unspecified atom stereocenters. The van der Waals surface area contributed by atoms with Crippen LogP contribution in [0.15, 0.2) is 4.99 Å². The maximum Gasteiger partial charge on any atom is 0.410 e. The van der Waals surface area contributed by atoms with Gasteiger partial charge in [0.25, 0.3) is 0 Å². The second kappa shape index (κ2) is 12.7. The molecular weight excluding hydrogens is 537 g/mol. The zero-order valence-electron chi connectivity index (χ0n) is 20.6. The van der Waals surface area contributed by atoms with Crippen molar-refractivity contribution < 1.29 is 14.3 Å². The summed E-state index contributed by atoms with van der Waals surface area (Å²) in [5, 5.41) is 11.5. The third-order valence-corrected chi connectivity index (χ3v) is 5.63. The van der Waals surface area contributed by atoms with Crippen LogP contribution in [-0.4, -0.2) is 76.6 Å². The van der Waals surface area contributed by atoms with E-state index in [-0.39, 0.29) is 36.1 Å². The summed E-state index contributed by atoms with van der Waals surface area (Å²) in [5.41, 5.74) is -0.456. The van der Waals surface area contributed by atoms with Crippen LogP contribution >= 0.6 is 24.0 Å². The van der Waals surface area contributed by atoms with E-state index in [1.165, 1.54) is 0 Å². The molecule has 1 saturated heterocycles. The summed E-state index contributed by atoms with van der Waals surface area (Å²) < 4.78 is 12.6. The number of aryl methyl sites for hydroxylation is 1. The fraction of sp³-hybridized carbons (Fsp3) is 0.818. The Morgan fingerprint density at radius 1 is 1.24 bits per heavy atom. The Morgan fingerprint density at radius 3 is 2.61 bits per heavy atom. The lowest BCUT2D eigenvalue weighted by molar-refractivity contribution is 0.0187. The number of nitrogens with zero attached hydrogens (tertiary/aromatic N) is 5. The molecule has 1 aromatic rings. The van der Waals surface area contributed by atoms with Crippen LogP contribution in [0.5, 0.6) is 0 Å². The van der Waals surface area contributed by atoms with Gasteiger partial charge in [0.15, 0.2) is 11.8 Å². The lowest BCUT2D eigenvalue weighted by atomic mass is 9.97. The Bertz CT molecular complexity index is 785. The Hall–Kier alpha value is -1.63. The van der Waals surface area contributed by atoms with E-state index in [4.69, 9.17) is 14.5 Å².